The van der Waals surface area contributed by atoms with Crippen LogP contribution in [0.5, 0.6) is 0 Å². The Hall–Kier alpha value is -2.51. The van der Waals surface area contributed by atoms with Crippen molar-refractivity contribution in [1.29, 1.82) is 0 Å². The topological polar surface area (TPSA) is 97.5 Å². The minimum atomic E-state index is -4.03. The van der Waals surface area contributed by atoms with Crippen LogP contribution in [-0.2, 0) is 16.6 Å². The van der Waals surface area contributed by atoms with Crippen molar-refractivity contribution in [3.8, 4) is 11.1 Å². The van der Waals surface area contributed by atoms with E-state index in [4.69, 9.17) is 16.7 Å². The summed E-state index contributed by atoms with van der Waals surface area (Å²) in [5.74, 6) is -0.341. The average molecular weight is 402 g/mol. The van der Waals surface area contributed by atoms with Gasteiger partial charge in [-0.15, -0.1) is 0 Å². The molecular weight excluding hydrogens is 386 g/mol. The predicted molar refractivity (Wildman–Crippen MR) is 104 cm³/mol. The van der Waals surface area contributed by atoms with E-state index >= 15 is 0 Å². The number of primary sulfonamides is 1. The van der Waals surface area contributed by atoms with E-state index in [2.05, 4.69) is 0 Å². The van der Waals surface area contributed by atoms with Crippen LogP contribution in [0.25, 0.3) is 11.1 Å². The van der Waals surface area contributed by atoms with Crippen molar-refractivity contribution in [2.75, 3.05) is 0 Å². The summed E-state index contributed by atoms with van der Waals surface area (Å²) in [4.78, 5) is 12.4. The Bertz CT molecular complexity index is 1110. The first-order valence-electron chi connectivity index (χ1n) is 7.97. The van der Waals surface area contributed by atoms with Gasteiger partial charge in [-0.2, -0.15) is 0 Å². The van der Waals surface area contributed by atoms with E-state index in [1.807, 2.05) is 24.3 Å². The highest BCUT2D eigenvalue weighted by molar-refractivity contribution is 7.89. The third-order valence-electron chi connectivity index (χ3n) is 4.09. The minimum absolute atomic E-state index is 0.0341. The number of halogens is 1. The highest BCUT2D eigenvalue weighted by atomic mass is 35.5. The monoisotopic (exact) mass is 401 g/mol. The predicted octanol–water partition coefficient (Wildman–Crippen LogP) is 3.38. The van der Waals surface area contributed by atoms with Crippen LogP contribution in [-0.4, -0.2) is 19.3 Å². The summed E-state index contributed by atoms with van der Waals surface area (Å²) in [5.41, 5.74) is 3.19. The average Bonchev–Trinajstić information content (AvgIpc) is 2.67. The second-order valence-electron chi connectivity index (χ2n) is 5.96. The number of rotatable bonds is 5. The number of hydrogen-bond donors (Lipinski definition) is 2. The third-order valence-corrected chi connectivity index (χ3v) is 5.48. The van der Waals surface area contributed by atoms with E-state index in [9.17, 15) is 18.3 Å². The second-order valence-corrected chi connectivity index (χ2v) is 7.89. The van der Waals surface area contributed by atoms with Crippen molar-refractivity contribution >= 4 is 27.4 Å². The van der Waals surface area contributed by atoms with Gasteiger partial charge in [-0.05, 0) is 41.0 Å². The summed E-state index contributed by atoms with van der Waals surface area (Å²) < 4.78 is 23.2. The zero-order valence-electron chi connectivity index (χ0n) is 14.1. The van der Waals surface area contributed by atoms with E-state index in [-0.39, 0.29) is 27.9 Å². The van der Waals surface area contributed by atoms with E-state index in [0.717, 1.165) is 16.7 Å². The number of aliphatic hydroxyl groups excluding tert-OH is 1. The Balaban J connectivity index is 1.92. The molecule has 0 aliphatic rings. The van der Waals surface area contributed by atoms with Crippen molar-refractivity contribution in [3.05, 3.63) is 88.4 Å². The van der Waals surface area contributed by atoms with Crippen molar-refractivity contribution in [2.24, 2.45) is 5.14 Å². The molecule has 0 saturated carbocycles. The number of hydrogen-bond acceptors (Lipinski definition) is 4. The molecule has 0 bridgehead atoms. The lowest BCUT2D eigenvalue weighted by Gasteiger charge is -2.07. The zero-order valence-corrected chi connectivity index (χ0v) is 15.7. The fraction of sp³-hybridized carbons (Fsp3) is 0.0500. The molecule has 0 saturated heterocycles. The van der Waals surface area contributed by atoms with Gasteiger partial charge in [0.1, 0.15) is 4.90 Å². The molecule has 0 radical (unpaired) electrons. The fourth-order valence-corrected chi connectivity index (χ4v) is 3.76. The quantitative estimate of drug-likeness (QED) is 0.640. The molecule has 0 heterocycles. The first-order chi connectivity index (χ1) is 12.8. The highest BCUT2D eigenvalue weighted by Gasteiger charge is 2.17. The molecule has 0 atom stereocenters. The van der Waals surface area contributed by atoms with Crippen molar-refractivity contribution in [1.82, 2.24) is 0 Å². The van der Waals surface area contributed by atoms with E-state index in [1.165, 1.54) is 18.2 Å². The SMILES string of the molecule is NS(=O)(=O)c1cc(C(=O)c2ccc(-c3cccc(CO)c3)cc2)ccc1Cl. The molecule has 0 aliphatic carbocycles. The number of sulfonamides is 1. The second kappa shape index (κ2) is 7.62. The molecule has 0 fully saturated rings. The fourth-order valence-electron chi connectivity index (χ4n) is 2.69. The van der Waals surface area contributed by atoms with Crippen molar-refractivity contribution in [3.63, 3.8) is 0 Å². The van der Waals surface area contributed by atoms with Gasteiger partial charge in [0.2, 0.25) is 10.0 Å². The van der Waals surface area contributed by atoms with Gasteiger partial charge in [0, 0.05) is 11.1 Å². The molecule has 3 N–H and O–H groups in total. The van der Waals surface area contributed by atoms with Gasteiger partial charge in [-0.25, -0.2) is 13.6 Å². The molecule has 0 unspecified atom stereocenters. The Labute approximate surface area is 162 Å². The van der Waals surface area contributed by atoms with E-state index in [1.54, 1.807) is 24.3 Å². The van der Waals surface area contributed by atoms with E-state index < -0.39 is 10.0 Å². The van der Waals surface area contributed by atoms with Crippen LogP contribution in [0, 0.1) is 0 Å². The summed E-state index contributed by atoms with van der Waals surface area (Å²) in [7, 11) is -4.03. The molecule has 7 heteroatoms. The number of carbonyl (C=O) groups is 1. The molecular formula is C20H16ClNO4S. The molecule has 3 aromatic carbocycles. The van der Waals surface area contributed by atoms with Crippen LogP contribution in [0.3, 0.4) is 0 Å². The number of benzene rings is 3. The lowest BCUT2D eigenvalue weighted by atomic mass is 9.98. The van der Waals surface area contributed by atoms with Gasteiger partial charge in [0.15, 0.2) is 5.78 Å². The lowest BCUT2D eigenvalue weighted by molar-refractivity contribution is 0.103. The number of carbonyl (C=O) groups excluding carboxylic acids is 1. The van der Waals surface area contributed by atoms with Crippen LogP contribution in [0.2, 0.25) is 5.02 Å². The third kappa shape index (κ3) is 4.26. The number of nitrogens with two attached hydrogens (primary N) is 1. The van der Waals surface area contributed by atoms with Crippen LogP contribution in [0.4, 0.5) is 0 Å². The summed E-state index contributed by atoms with van der Waals surface area (Å²) in [5, 5.41) is 14.3. The lowest BCUT2D eigenvalue weighted by Crippen LogP contribution is -2.14. The van der Waals surface area contributed by atoms with E-state index in [0.29, 0.717) is 5.56 Å². The largest absolute Gasteiger partial charge is 0.392 e. The normalized spacial score (nSPS) is 11.4. The molecule has 3 rings (SSSR count). The summed E-state index contributed by atoms with van der Waals surface area (Å²) in [6, 6.07) is 18.3. The maximum atomic E-state index is 12.7. The van der Waals surface area contributed by atoms with Crippen LogP contribution in [0.15, 0.2) is 71.6 Å². The maximum absolute atomic E-state index is 12.7. The van der Waals surface area contributed by atoms with Gasteiger partial charge in [0.25, 0.3) is 0 Å². The molecule has 138 valence electrons. The standard InChI is InChI=1S/C20H16ClNO4S/c21-18-9-8-17(11-19(18)27(22,25)26)20(24)15-6-4-14(5-7-15)16-3-1-2-13(10-16)12-23/h1-11,23H,12H2,(H2,22,25,26). The van der Waals surface area contributed by atoms with Gasteiger partial charge in [-0.1, -0.05) is 54.1 Å². The van der Waals surface area contributed by atoms with Gasteiger partial charge in [-0.3, -0.25) is 4.79 Å². The Kier molecular flexibility index (Phi) is 5.43. The molecule has 5 nitrogen and oxygen atoms in total. The molecule has 3 aromatic rings. The Morgan fingerprint density at radius 1 is 0.926 bits per heavy atom. The first-order valence-corrected chi connectivity index (χ1v) is 9.89. The van der Waals surface area contributed by atoms with Crippen LogP contribution >= 0.6 is 11.6 Å². The van der Waals surface area contributed by atoms with Gasteiger partial charge >= 0.3 is 0 Å². The molecule has 0 spiro atoms. The molecule has 0 amide bonds. The Morgan fingerprint density at radius 2 is 1.59 bits per heavy atom. The maximum Gasteiger partial charge on any atom is 0.239 e. The summed E-state index contributed by atoms with van der Waals surface area (Å²) >= 11 is 5.86. The number of aliphatic hydroxyl groups is 1. The van der Waals surface area contributed by atoms with Crippen molar-refractivity contribution < 1.29 is 18.3 Å². The van der Waals surface area contributed by atoms with Crippen molar-refractivity contribution in [2.45, 2.75) is 11.5 Å². The zero-order chi connectivity index (χ0) is 19.6. The first kappa shape index (κ1) is 19.3. The van der Waals surface area contributed by atoms with Gasteiger partial charge < -0.3 is 5.11 Å². The summed E-state index contributed by atoms with van der Waals surface area (Å²) in [6.07, 6.45) is 0. The molecule has 0 aromatic heterocycles. The molecule has 27 heavy (non-hydrogen) atoms. The van der Waals surface area contributed by atoms with Crippen LogP contribution < -0.4 is 5.14 Å². The molecule has 0 aliphatic heterocycles. The van der Waals surface area contributed by atoms with Gasteiger partial charge in [0.05, 0.1) is 11.6 Å². The number of ketones is 1. The highest BCUT2D eigenvalue weighted by Crippen LogP contribution is 2.25. The minimum Gasteiger partial charge on any atom is -0.392 e. The summed E-state index contributed by atoms with van der Waals surface area (Å²) in [6.45, 7) is -0.0483. The Morgan fingerprint density at radius 3 is 2.22 bits per heavy atom. The van der Waals surface area contributed by atoms with Crippen LogP contribution in [0.1, 0.15) is 21.5 Å². The smallest absolute Gasteiger partial charge is 0.239 e.